The molecule has 18 nitrogen and oxygen atoms in total. The number of pyridine rings is 1. The van der Waals surface area contributed by atoms with E-state index < -0.39 is 17.5 Å². The molecule has 7 N–H and O–H groups in total. The molecule has 7 atom stereocenters. The van der Waals surface area contributed by atoms with Gasteiger partial charge in [0.25, 0.3) is 12.4 Å². The standard InChI is InChI=1S/C54H75N7O7.C6H13N3O/c1-12-60-45-18-17-36(26-41(45)43(29-54(7,8)30-68-31-62)50(60)40-16-15-19-55-47(40)34(6)67-11)37-22-35(23-39(63)25-37)24-44(53(66)61-21-14-13-20-56-61)57-51(64)48(33(4)5)59(10)52(65)42-27-38-28-46(32(2)3)58(9)49(38)42;1-5(2)6(7)3-9(8)4-10/h15-19,22-23,25-26,31-34,38,42,44,46,48-49,56,63H,12-14,20-21,24,27-30H2,1-11H3,(H,57,64);3-5H,7-8H2,1-2H3/b;6-3-. The molecule has 0 bridgehead atoms. The summed E-state index contributed by atoms with van der Waals surface area (Å²) in [7, 11) is 5.54. The zero-order chi connectivity index (χ0) is 57.3. The van der Waals surface area contributed by atoms with Gasteiger partial charge in [-0.2, -0.15) is 0 Å². The molecule has 0 spiro atoms. The number of likely N-dealkylation sites (N-methyl/N-ethyl adjacent to an activating group) is 1. The Bertz CT molecular complexity index is 2770. The molecule has 3 aliphatic rings. The summed E-state index contributed by atoms with van der Waals surface area (Å²) in [5.74, 6) is 5.26. The maximum atomic E-state index is 14.6. The summed E-state index contributed by atoms with van der Waals surface area (Å²) in [5.41, 5.74) is 16.0. The van der Waals surface area contributed by atoms with E-state index >= 15 is 0 Å². The Balaban J connectivity index is 0.000000893. The van der Waals surface area contributed by atoms with Crippen LogP contribution in [0.1, 0.15) is 118 Å². The molecule has 0 radical (unpaired) electrons. The van der Waals surface area contributed by atoms with Gasteiger partial charge in [0.15, 0.2) is 0 Å². The fourth-order valence-electron chi connectivity index (χ4n) is 11.9. The number of amides is 4. The number of carbonyl (C=O) groups is 5. The van der Waals surface area contributed by atoms with Crippen molar-refractivity contribution in [3.05, 3.63) is 83.4 Å². The van der Waals surface area contributed by atoms with Crippen LogP contribution in [-0.4, -0.2) is 130 Å². The number of fused-ring (bicyclic) bond motifs is 2. The number of benzene rings is 2. The van der Waals surface area contributed by atoms with Crippen molar-refractivity contribution in [3.63, 3.8) is 0 Å². The van der Waals surface area contributed by atoms with E-state index in [1.807, 2.05) is 52.8 Å². The van der Waals surface area contributed by atoms with Crippen LogP contribution in [0.2, 0.25) is 0 Å². The molecule has 18 heteroatoms. The minimum Gasteiger partial charge on any atom is -0.508 e. The van der Waals surface area contributed by atoms with Crippen LogP contribution < -0.4 is 22.3 Å². The van der Waals surface area contributed by atoms with E-state index in [1.165, 1.54) is 6.20 Å². The second-order valence-corrected chi connectivity index (χ2v) is 23.4. The monoisotopic (exact) mass is 1080 g/mol. The number of methoxy groups -OCH3 is 1. The molecule has 4 amide bonds. The van der Waals surface area contributed by atoms with Crippen molar-refractivity contribution in [2.75, 3.05) is 40.9 Å². The lowest BCUT2D eigenvalue weighted by molar-refractivity contribution is -0.150. The van der Waals surface area contributed by atoms with Crippen LogP contribution in [0.4, 0.5) is 0 Å². The summed E-state index contributed by atoms with van der Waals surface area (Å²) in [6, 6.07) is 14.5. The topological polar surface area (TPSA) is 231 Å². The first-order valence-electron chi connectivity index (χ1n) is 27.8. The second kappa shape index (κ2) is 26.5. The van der Waals surface area contributed by atoms with Crippen molar-refractivity contribution >= 4 is 41.5 Å². The van der Waals surface area contributed by atoms with Gasteiger partial charge in [-0.25, -0.2) is 11.3 Å². The molecule has 1 aliphatic carbocycles. The molecule has 78 heavy (non-hydrogen) atoms. The molecule has 2 aliphatic heterocycles. The minimum absolute atomic E-state index is 0.0275. The van der Waals surface area contributed by atoms with Gasteiger partial charge >= 0.3 is 0 Å². The number of hydrogen-bond acceptors (Lipinski definition) is 13. The third-order valence-corrected chi connectivity index (χ3v) is 16.1. The smallest absolute Gasteiger partial charge is 0.293 e. The summed E-state index contributed by atoms with van der Waals surface area (Å²) in [4.78, 5) is 73.4. The van der Waals surface area contributed by atoms with Crippen molar-refractivity contribution < 1.29 is 38.6 Å². The number of aromatic hydroxyl groups is 1. The van der Waals surface area contributed by atoms with Gasteiger partial charge < -0.3 is 35.1 Å². The molecule has 7 rings (SSSR count). The quantitative estimate of drug-likeness (QED) is 0.0225. The number of nitrogens with two attached hydrogens (primary N) is 2. The minimum atomic E-state index is -0.984. The summed E-state index contributed by atoms with van der Waals surface area (Å²) >= 11 is 0. The number of aryl methyl sites for hydroxylation is 1. The first-order chi connectivity index (χ1) is 37.0. The average Bonchev–Trinajstić information content (AvgIpc) is 3.93. The number of hydrogen-bond donors (Lipinski definition) is 5. The number of nitrogens with zero attached hydrogens (tertiary/aromatic N) is 6. The molecular formula is C60H88N10O8. The average molecular weight is 1080 g/mol. The van der Waals surface area contributed by atoms with Gasteiger partial charge in [-0.05, 0) is 135 Å². The third kappa shape index (κ3) is 13.9. The normalized spacial score (nSPS) is 19.9. The van der Waals surface area contributed by atoms with Gasteiger partial charge in [0.2, 0.25) is 18.2 Å². The van der Waals surface area contributed by atoms with E-state index in [0.717, 1.165) is 75.2 Å². The number of likely N-dealkylation sites (tertiary alicyclic amines) is 1. The maximum absolute atomic E-state index is 14.6. The van der Waals surface area contributed by atoms with Crippen LogP contribution in [0, 0.1) is 35.0 Å². The van der Waals surface area contributed by atoms with Gasteiger partial charge in [-0.15, -0.1) is 0 Å². The Hall–Kier alpha value is -6.34. The molecule has 1 saturated carbocycles. The zero-order valence-electron chi connectivity index (χ0n) is 48.4. The van der Waals surface area contributed by atoms with Crippen LogP contribution in [0.15, 0.2) is 66.6 Å². The van der Waals surface area contributed by atoms with Crippen LogP contribution in [0.5, 0.6) is 5.75 Å². The fraction of sp³-hybridized carbons (Fsp3) is 0.567. The number of allylic oxidation sites excluding steroid dienone is 1. The Morgan fingerprint density at radius 3 is 2.36 bits per heavy atom. The van der Waals surface area contributed by atoms with Gasteiger partial charge in [0, 0.05) is 92.3 Å². The van der Waals surface area contributed by atoms with Crippen LogP contribution >= 0.6 is 0 Å². The molecule has 4 heterocycles. The lowest BCUT2D eigenvalue weighted by Crippen LogP contribution is -2.61. The van der Waals surface area contributed by atoms with Gasteiger partial charge in [0.05, 0.1) is 30.0 Å². The molecule has 2 saturated heterocycles. The molecule has 2 aromatic heterocycles. The molecule has 4 aromatic rings. The summed E-state index contributed by atoms with van der Waals surface area (Å²) in [5, 5.41) is 18.0. The SMILES string of the molecule is CC(C)/C(N)=C/N(N)C=O.CCn1c(-c2cccnc2C(C)OC)c(CC(C)(C)COC=O)c2cc(-c3cc(O)cc(CC(NC(=O)C(C(C)C)N(C)C(=O)C4CC5CC(C(C)C)N(C)C54)C(=O)N4CCCCN4)c3)ccc21. The zero-order valence-corrected chi connectivity index (χ0v) is 48.4. The van der Waals surface area contributed by atoms with E-state index in [1.54, 1.807) is 42.4 Å². The lowest BCUT2D eigenvalue weighted by Gasteiger charge is -2.45. The Morgan fingerprint density at radius 2 is 1.74 bits per heavy atom. The Morgan fingerprint density at radius 1 is 1.01 bits per heavy atom. The van der Waals surface area contributed by atoms with E-state index in [-0.39, 0.29) is 66.4 Å². The molecule has 426 valence electrons. The largest absolute Gasteiger partial charge is 0.508 e. The van der Waals surface area contributed by atoms with Gasteiger partial charge in [-0.1, -0.05) is 67.5 Å². The van der Waals surface area contributed by atoms with E-state index in [2.05, 4.69) is 80.1 Å². The van der Waals surface area contributed by atoms with Crippen molar-refractivity contribution in [2.24, 2.45) is 46.6 Å². The number of ether oxygens (including phenoxy) is 2. The highest BCUT2D eigenvalue weighted by Gasteiger charge is 2.55. The van der Waals surface area contributed by atoms with Crippen molar-refractivity contribution in [3.8, 4) is 28.1 Å². The number of carbonyl (C=O) groups excluding carboxylic acids is 5. The highest BCUT2D eigenvalue weighted by Crippen LogP contribution is 2.49. The summed E-state index contributed by atoms with van der Waals surface area (Å²) in [6.45, 7) is 23.0. The predicted molar refractivity (Wildman–Crippen MR) is 304 cm³/mol. The van der Waals surface area contributed by atoms with Crippen LogP contribution in [0.3, 0.4) is 0 Å². The highest BCUT2D eigenvalue weighted by molar-refractivity contribution is 5.96. The first kappa shape index (κ1) is 60.9. The number of phenols is 1. The lowest BCUT2D eigenvalue weighted by atomic mass is 9.69. The van der Waals surface area contributed by atoms with Crippen molar-refractivity contribution in [1.82, 2.24) is 40.1 Å². The molecular weight excluding hydrogens is 989 g/mol. The van der Waals surface area contributed by atoms with Gasteiger partial charge in [0.1, 0.15) is 17.8 Å². The maximum Gasteiger partial charge on any atom is 0.293 e. The number of phenolic OH excluding ortho intramolecular Hbond substituents is 1. The number of hydrazine groups is 2. The van der Waals surface area contributed by atoms with Crippen molar-refractivity contribution in [1.29, 1.82) is 0 Å². The first-order valence-corrected chi connectivity index (χ1v) is 27.8. The molecule has 7 unspecified atom stereocenters. The van der Waals surface area contributed by atoms with Gasteiger partial charge in [-0.3, -0.25) is 43.9 Å². The number of aromatic nitrogens is 2. The predicted octanol–water partition coefficient (Wildman–Crippen LogP) is 7.32. The summed E-state index contributed by atoms with van der Waals surface area (Å²) < 4.78 is 13.4. The Labute approximate surface area is 462 Å². The van der Waals surface area contributed by atoms with E-state index in [4.69, 9.17) is 26.0 Å². The second-order valence-electron chi connectivity index (χ2n) is 23.4. The highest BCUT2D eigenvalue weighted by atomic mass is 16.5. The Kier molecular flexibility index (Phi) is 20.7. The fourth-order valence-corrected chi connectivity index (χ4v) is 11.9. The van der Waals surface area contributed by atoms with Crippen LogP contribution in [0.25, 0.3) is 33.3 Å². The van der Waals surface area contributed by atoms with Crippen molar-refractivity contribution in [2.45, 2.75) is 145 Å². The summed E-state index contributed by atoms with van der Waals surface area (Å²) in [6.07, 6.45) is 7.77. The van der Waals surface area contributed by atoms with E-state index in [0.29, 0.717) is 68.1 Å². The van der Waals surface area contributed by atoms with E-state index in [9.17, 15) is 29.1 Å². The molecule has 2 aromatic carbocycles. The third-order valence-electron chi connectivity index (χ3n) is 16.1. The molecule has 3 fully saturated rings. The number of nitrogens with one attached hydrogen (secondary N) is 2. The number of rotatable bonds is 22. The van der Waals surface area contributed by atoms with Crippen LogP contribution in [-0.2, 0) is 52.8 Å².